The van der Waals surface area contributed by atoms with E-state index in [1.807, 2.05) is 73.7 Å². The molecule has 0 saturated heterocycles. The third-order valence-corrected chi connectivity index (χ3v) is 9.19. The summed E-state index contributed by atoms with van der Waals surface area (Å²) in [7, 11) is 1.37. The number of ether oxygens (including phenoxy) is 1. The largest absolute Gasteiger partial charge is 0.465 e. The number of esters is 1. The van der Waals surface area contributed by atoms with Gasteiger partial charge in [-0.1, -0.05) is 43.3 Å². The summed E-state index contributed by atoms with van der Waals surface area (Å²) in [6.45, 7) is 4.03. The molecule has 2 atom stereocenters. The first-order chi connectivity index (χ1) is 18.8. The first-order valence-corrected chi connectivity index (χ1v) is 14.6. The van der Waals surface area contributed by atoms with Crippen molar-refractivity contribution in [3.8, 4) is 0 Å². The van der Waals surface area contributed by atoms with Crippen LogP contribution in [0, 0.1) is 5.92 Å². The van der Waals surface area contributed by atoms with Crippen molar-refractivity contribution in [2.45, 2.75) is 43.3 Å². The number of nitrogens with one attached hydrogen (secondary N) is 2. The van der Waals surface area contributed by atoms with Gasteiger partial charge in [-0.05, 0) is 78.8 Å². The Morgan fingerprint density at radius 2 is 1.79 bits per heavy atom. The molecule has 39 heavy (non-hydrogen) atoms. The van der Waals surface area contributed by atoms with Gasteiger partial charge in [-0.25, -0.2) is 4.79 Å². The SMILES string of the molecule is COC(=O)c1c(NC(=O)C(C)Sc2cccc(NC(=O)c3ccc4ccccc4c3)c2)sc2c1CCC(C)C2. The highest BCUT2D eigenvalue weighted by Crippen LogP contribution is 2.40. The fraction of sp³-hybridized carbons (Fsp3) is 0.258. The van der Waals surface area contributed by atoms with Crippen LogP contribution >= 0.6 is 23.1 Å². The number of fused-ring (bicyclic) bond motifs is 2. The van der Waals surface area contributed by atoms with Gasteiger partial charge in [0, 0.05) is 21.0 Å². The van der Waals surface area contributed by atoms with Crippen LogP contribution in [0.3, 0.4) is 0 Å². The Hall–Kier alpha value is -3.62. The lowest BCUT2D eigenvalue weighted by atomic mass is 9.88. The minimum Gasteiger partial charge on any atom is -0.465 e. The van der Waals surface area contributed by atoms with Crippen LogP contribution in [-0.4, -0.2) is 30.1 Å². The van der Waals surface area contributed by atoms with Crippen molar-refractivity contribution in [2.75, 3.05) is 17.7 Å². The van der Waals surface area contributed by atoms with E-state index in [0.717, 1.165) is 45.4 Å². The van der Waals surface area contributed by atoms with Gasteiger partial charge >= 0.3 is 5.97 Å². The quantitative estimate of drug-likeness (QED) is 0.185. The van der Waals surface area contributed by atoms with E-state index in [1.165, 1.54) is 30.2 Å². The summed E-state index contributed by atoms with van der Waals surface area (Å²) in [5, 5.41) is 8.17. The maximum absolute atomic E-state index is 13.2. The van der Waals surface area contributed by atoms with Crippen LogP contribution in [0.15, 0.2) is 71.6 Å². The topological polar surface area (TPSA) is 84.5 Å². The van der Waals surface area contributed by atoms with E-state index < -0.39 is 11.2 Å². The fourth-order valence-corrected chi connectivity index (χ4v) is 7.14. The zero-order chi connectivity index (χ0) is 27.5. The number of amides is 2. The Morgan fingerprint density at radius 3 is 2.59 bits per heavy atom. The van der Waals surface area contributed by atoms with Gasteiger partial charge in [0.25, 0.3) is 5.91 Å². The second-order valence-electron chi connectivity index (χ2n) is 9.84. The number of thioether (sulfide) groups is 1. The minimum atomic E-state index is -0.431. The molecule has 1 heterocycles. The molecule has 0 fully saturated rings. The number of carbonyl (C=O) groups is 3. The monoisotopic (exact) mass is 558 g/mol. The Labute approximate surface area is 236 Å². The molecule has 1 aliphatic rings. The van der Waals surface area contributed by atoms with Crippen LogP contribution in [0.1, 0.15) is 51.4 Å². The zero-order valence-corrected chi connectivity index (χ0v) is 23.7. The molecule has 1 aliphatic carbocycles. The predicted octanol–water partition coefficient (Wildman–Crippen LogP) is 7.18. The summed E-state index contributed by atoms with van der Waals surface area (Å²) < 4.78 is 5.04. The molecule has 0 aliphatic heterocycles. The van der Waals surface area contributed by atoms with Crippen LogP contribution in [0.25, 0.3) is 10.8 Å². The summed E-state index contributed by atoms with van der Waals surface area (Å²) in [6, 6.07) is 21.0. The van der Waals surface area contributed by atoms with E-state index in [1.54, 1.807) is 0 Å². The van der Waals surface area contributed by atoms with Crippen molar-refractivity contribution >= 4 is 62.3 Å². The van der Waals surface area contributed by atoms with Gasteiger partial charge in [0.05, 0.1) is 17.9 Å². The summed E-state index contributed by atoms with van der Waals surface area (Å²) in [4.78, 5) is 40.6. The Balaban J connectivity index is 1.26. The van der Waals surface area contributed by atoms with Gasteiger partial charge < -0.3 is 15.4 Å². The second kappa shape index (κ2) is 11.6. The van der Waals surface area contributed by atoms with Crippen molar-refractivity contribution in [1.82, 2.24) is 0 Å². The Morgan fingerprint density at radius 1 is 1.00 bits per heavy atom. The number of benzene rings is 3. The lowest BCUT2D eigenvalue weighted by Crippen LogP contribution is -2.23. The first-order valence-electron chi connectivity index (χ1n) is 12.9. The standard InChI is InChI=1S/C31H30N2O4S2/c1-18-11-14-25-26(15-18)39-30(27(25)31(36)37-3)33-28(34)19(2)38-24-10-6-9-23(17-24)32-29(35)22-13-12-20-7-4-5-8-21(20)16-22/h4-10,12-13,16-19H,11,14-15H2,1-3H3,(H,32,35)(H,33,34). The average molecular weight is 559 g/mol. The van der Waals surface area contributed by atoms with Gasteiger partial charge in [0.1, 0.15) is 5.00 Å². The molecule has 2 amide bonds. The Kier molecular flexibility index (Phi) is 8.04. The molecule has 5 rings (SSSR count). The summed E-state index contributed by atoms with van der Waals surface area (Å²) >= 11 is 2.87. The van der Waals surface area contributed by atoms with E-state index in [-0.39, 0.29) is 11.8 Å². The van der Waals surface area contributed by atoms with Crippen molar-refractivity contribution < 1.29 is 19.1 Å². The summed E-state index contributed by atoms with van der Waals surface area (Å²) in [6.07, 6.45) is 2.73. The maximum atomic E-state index is 13.2. The molecule has 6 nitrogen and oxygen atoms in total. The van der Waals surface area contributed by atoms with Gasteiger partial charge in [0.2, 0.25) is 5.91 Å². The van der Waals surface area contributed by atoms with Crippen LogP contribution in [-0.2, 0) is 22.4 Å². The molecule has 0 bridgehead atoms. The zero-order valence-electron chi connectivity index (χ0n) is 22.1. The van der Waals surface area contributed by atoms with E-state index in [2.05, 4.69) is 17.6 Å². The first kappa shape index (κ1) is 27.0. The normalized spacial score (nSPS) is 15.3. The van der Waals surface area contributed by atoms with Gasteiger partial charge in [-0.2, -0.15) is 0 Å². The third kappa shape index (κ3) is 6.02. The van der Waals surface area contributed by atoms with Gasteiger partial charge in [0.15, 0.2) is 0 Å². The van der Waals surface area contributed by atoms with Crippen molar-refractivity contribution in [2.24, 2.45) is 5.92 Å². The molecular formula is C31H30N2O4S2. The predicted molar refractivity (Wildman–Crippen MR) is 159 cm³/mol. The van der Waals surface area contributed by atoms with Crippen LogP contribution < -0.4 is 10.6 Å². The fourth-order valence-electron chi connectivity index (χ4n) is 4.81. The highest BCUT2D eigenvalue weighted by Gasteiger charge is 2.29. The highest BCUT2D eigenvalue weighted by atomic mass is 32.2. The number of hydrogen-bond acceptors (Lipinski definition) is 6. The molecule has 3 aromatic carbocycles. The molecular weight excluding hydrogens is 528 g/mol. The summed E-state index contributed by atoms with van der Waals surface area (Å²) in [5.74, 6) is -0.247. The molecule has 0 saturated carbocycles. The number of anilines is 2. The molecule has 0 radical (unpaired) electrons. The van der Waals surface area contributed by atoms with Crippen molar-refractivity contribution in [1.29, 1.82) is 0 Å². The number of thiophene rings is 1. The Bertz CT molecular complexity index is 1560. The number of rotatable bonds is 7. The lowest BCUT2D eigenvalue weighted by Gasteiger charge is -2.18. The maximum Gasteiger partial charge on any atom is 0.341 e. The highest BCUT2D eigenvalue weighted by molar-refractivity contribution is 8.00. The average Bonchev–Trinajstić information content (AvgIpc) is 3.29. The van der Waals surface area contributed by atoms with E-state index in [4.69, 9.17) is 4.74 Å². The minimum absolute atomic E-state index is 0.192. The van der Waals surface area contributed by atoms with Gasteiger partial charge in [-0.15, -0.1) is 23.1 Å². The van der Waals surface area contributed by atoms with Crippen molar-refractivity contribution in [3.05, 3.63) is 88.3 Å². The summed E-state index contributed by atoms with van der Waals surface area (Å²) in [5.41, 5.74) is 2.73. The smallest absolute Gasteiger partial charge is 0.341 e. The van der Waals surface area contributed by atoms with Crippen LogP contribution in [0.2, 0.25) is 0 Å². The van der Waals surface area contributed by atoms with Crippen LogP contribution in [0.5, 0.6) is 0 Å². The number of hydrogen-bond donors (Lipinski definition) is 2. The molecule has 0 spiro atoms. The van der Waals surface area contributed by atoms with E-state index in [9.17, 15) is 14.4 Å². The number of methoxy groups -OCH3 is 1. The third-order valence-electron chi connectivity index (χ3n) is 6.92. The number of carbonyl (C=O) groups excluding carboxylic acids is 3. The molecule has 8 heteroatoms. The van der Waals surface area contributed by atoms with E-state index >= 15 is 0 Å². The van der Waals surface area contributed by atoms with E-state index in [0.29, 0.717) is 27.7 Å². The van der Waals surface area contributed by atoms with Crippen molar-refractivity contribution in [3.63, 3.8) is 0 Å². The molecule has 200 valence electrons. The lowest BCUT2D eigenvalue weighted by molar-refractivity contribution is -0.115. The van der Waals surface area contributed by atoms with Crippen LogP contribution in [0.4, 0.5) is 10.7 Å². The molecule has 1 aromatic heterocycles. The van der Waals surface area contributed by atoms with Gasteiger partial charge in [-0.3, -0.25) is 9.59 Å². The molecule has 2 N–H and O–H groups in total. The molecule has 2 unspecified atom stereocenters. The molecule has 4 aromatic rings. The second-order valence-corrected chi connectivity index (χ2v) is 12.4.